The Morgan fingerprint density at radius 2 is 2.06 bits per heavy atom. The SMILES string of the molecule is NCCC1CCN(CCCn2ccnc2)CC1. The average molecular weight is 236 g/mol. The Hall–Kier alpha value is -0.870. The molecule has 1 aromatic heterocycles. The van der Waals surface area contributed by atoms with Crippen LogP contribution >= 0.6 is 0 Å². The van der Waals surface area contributed by atoms with E-state index in [1.54, 1.807) is 0 Å². The van der Waals surface area contributed by atoms with Crippen LogP contribution in [0.15, 0.2) is 18.7 Å². The molecule has 1 saturated heterocycles. The minimum absolute atomic E-state index is 0.852. The van der Waals surface area contributed by atoms with Crippen molar-refractivity contribution in [1.82, 2.24) is 14.5 Å². The Balaban J connectivity index is 1.58. The van der Waals surface area contributed by atoms with Crippen molar-refractivity contribution in [3.05, 3.63) is 18.7 Å². The zero-order chi connectivity index (χ0) is 11.9. The van der Waals surface area contributed by atoms with Crippen LogP contribution in [-0.2, 0) is 6.54 Å². The minimum Gasteiger partial charge on any atom is -0.337 e. The number of nitrogens with zero attached hydrogens (tertiary/aromatic N) is 3. The summed E-state index contributed by atoms with van der Waals surface area (Å²) in [6.07, 6.45) is 10.9. The van der Waals surface area contributed by atoms with Gasteiger partial charge in [-0.05, 0) is 57.8 Å². The van der Waals surface area contributed by atoms with Crippen LogP contribution in [0.5, 0.6) is 0 Å². The molecule has 1 aliphatic rings. The van der Waals surface area contributed by atoms with Gasteiger partial charge in [-0.15, -0.1) is 0 Å². The fraction of sp³-hybridized carbons (Fsp3) is 0.769. The quantitative estimate of drug-likeness (QED) is 0.810. The molecule has 96 valence electrons. The first-order valence-electron chi connectivity index (χ1n) is 6.76. The summed E-state index contributed by atoms with van der Waals surface area (Å²) < 4.78 is 2.15. The van der Waals surface area contributed by atoms with E-state index in [0.29, 0.717) is 0 Å². The molecule has 0 aromatic carbocycles. The molecule has 17 heavy (non-hydrogen) atoms. The van der Waals surface area contributed by atoms with Gasteiger partial charge in [0.2, 0.25) is 0 Å². The largest absolute Gasteiger partial charge is 0.337 e. The van der Waals surface area contributed by atoms with Gasteiger partial charge in [0.1, 0.15) is 0 Å². The van der Waals surface area contributed by atoms with E-state index >= 15 is 0 Å². The third-order valence-electron chi connectivity index (χ3n) is 3.73. The second-order valence-electron chi connectivity index (χ2n) is 5.02. The molecule has 2 heterocycles. The van der Waals surface area contributed by atoms with Gasteiger partial charge < -0.3 is 15.2 Å². The smallest absolute Gasteiger partial charge is 0.0945 e. The number of likely N-dealkylation sites (tertiary alicyclic amines) is 1. The number of nitrogens with two attached hydrogens (primary N) is 1. The van der Waals surface area contributed by atoms with Crippen molar-refractivity contribution < 1.29 is 0 Å². The standard InChI is InChI=1S/C13H24N4/c14-5-2-13-3-9-16(10-4-13)7-1-8-17-11-6-15-12-17/h6,11-13H,1-5,7-10,14H2. The van der Waals surface area contributed by atoms with Gasteiger partial charge in [0, 0.05) is 18.9 Å². The highest BCUT2D eigenvalue weighted by Gasteiger charge is 2.17. The Labute approximate surface area is 104 Å². The van der Waals surface area contributed by atoms with Crippen molar-refractivity contribution in [2.75, 3.05) is 26.2 Å². The third kappa shape index (κ3) is 4.13. The number of hydrogen-bond donors (Lipinski definition) is 1. The van der Waals surface area contributed by atoms with Crippen LogP contribution in [0.3, 0.4) is 0 Å². The molecule has 1 fully saturated rings. The number of piperidine rings is 1. The molecule has 4 heteroatoms. The molecular weight excluding hydrogens is 212 g/mol. The van der Waals surface area contributed by atoms with Crippen molar-refractivity contribution in [1.29, 1.82) is 0 Å². The van der Waals surface area contributed by atoms with Crippen LogP contribution in [0.1, 0.15) is 25.7 Å². The number of imidazole rings is 1. The summed E-state index contributed by atoms with van der Waals surface area (Å²) in [4.78, 5) is 6.64. The van der Waals surface area contributed by atoms with Crippen LogP contribution < -0.4 is 5.73 Å². The lowest BCUT2D eigenvalue weighted by Crippen LogP contribution is -2.35. The normalized spacial score (nSPS) is 18.6. The summed E-state index contributed by atoms with van der Waals surface area (Å²) in [5.74, 6) is 0.880. The van der Waals surface area contributed by atoms with E-state index < -0.39 is 0 Å². The van der Waals surface area contributed by atoms with Crippen LogP contribution in [0.25, 0.3) is 0 Å². The van der Waals surface area contributed by atoms with E-state index in [0.717, 1.165) is 19.0 Å². The van der Waals surface area contributed by atoms with Crippen molar-refractivity contribution in [3.8, 4) is 0 Å². The molecule has 1 aromatic rings. The van der Waals surface area contributed by atoms with E-state index in [1.807, 2.05) is 18.7 Å². The van der Waals surface area contributed by atoms with E-state index in [2.05, 4.69) is 14.5 Å². The highest BCUT2D eigenvalue weighted by atomic mass is 15.1. The third-order valence-corrected chi connectivity index (χ3v) is 3.73. The lowest BCUT2D eigenvalue weighted by Gasteiger charge is -2.31. The second kappa shape index (κ2) is 6.77. The fourth-order valence-corrected chi connectivity index (χ4v) is 2.63. The van der Waals surface area contributed by atoms with Crippen LogP contribution in [0.4, 0.5) is 0 Å². The molecule has 0 bridgehead atoms. The van der Waals surface area contributed by atoms with E-state index in [-0.39, 0.29) is 0 Å². The molecule has 0 amide bonds. The Morgan fingerprint density at radius 1 is 1.24 bits per heavy atom. The van der Waals surface area contributed by atoms with E-state index in [4.69, 9.17) is 5.73 Å². The molecule has 0 atom stereocenters. The van der Waals surface area contributed by atoms with Crippen molar-refractivity contribution in [3.63, 3.8) is 0 Å². The van der Waals surface area contributed by atoms with Crippen molar-refractivity contribution >= 4 is 0 Å². The molecule has 2 rings (SSSR count). The number of aryl methyl sites for hydroxylation is 1. The van der Waals surface area contributed by atoms with Gasteiger partial charge in [0.05, 0.1) is 6.33 Å². The average Bonchev–Trinajstić information content (AvgIpc) is 2.85. The van der Waals surface area contributed by atoms with Gasteiger partial charge in [0.25, 0.3) is 0 Å². The Kier molecular flexibility index (Phi) is 5.01. The lowest BCUT2D eigenvalue weighted by molar-refractivity contribution is 0.176. The second-order valence-corrected chi connectivity index (χ2v) is 5.02. The fourth-order valence-electron chi connectivity index (χ4n) is 2.63. The summed E-state index contributed by atoms with van der Waals surface area (Å²) in [5, 5.41) is 0. The summed E-state index contributed by atoms with van der Waals surface area (Å²) in [7, 11) is 0. The van der Waals surface area contributed by atoms with Gasteiger partial charge in [-0.25, -0.2) is 4.98 Å². The first-order chi connectivity index (χ1) is 8.38. The van der Waals surface area contributed by atoms with Gasteiger partial charge in [-0.3, -0.25) is 0 Å². The molecular formula is C13H24N4. The van der Waals surface area contributed by atoms with Gasteiger partial charge >= 0.3 is 0 Å². The molecule has 0 radical (unpaired) electrons. The van der Waals surface area contributed by atoms with E-state index in [9.17, 15) is 0 Å². The Morgan fingerprint density at radius 3 is 2.71 bits per heavy atom. The van der Waals surface area contributed by atoms with Crippen molar-refractivity contribution in [2.24, 2.45) is 11.7 Å². The molecule has 0 unspecified atom stereocenters. The topological polar surface area (TPSA) is 47.1 Å². The van der Waals surface area contributed by atoms with Crippen LogP contribution in [0, 0.1) is 5.92 Å². The monoisotopic (exact) mass is 236 g/mol. The Bertz CT molecular complexity index is 288. The zero-order valence-electron chi connectivity index (χ0n) is 10.6. The minimum atomic E-state index is 0.852. The van der Waals surface area contributed by atoms with Gasteiger partial charge in [-0.2, -0.15) is 0 Å². The van der Waals surface area contributed by atoms with Gasteiger partial charge in [-0.1, -0.05) is 0 Å². The van der Waals surface area contributed by atoms with Gasteiger partial charge in [0.15, 0.2) is 0 Å². The van der Waals surface area contributed by atoms with Crippen LogP contribution in [-0.4, -0.2) is 40.6 Å². The van der Waals surface area contributed by atoms with E-state index in [1.165, 1.54) is 45.3 Å². The summed E-state index contributed by atoms with van der Waals surface area (Å²) >= 11 is 0. The van der Waals surface area contributed by atoms with Crippen LogP contribution in [0.2, 0.25) is 0 Å². The molecule has 2 N–H and O–H groups in total. The molecule has 1 aliphatic heterocycles. The first kappa shape index (κ1) is 12.6. The molecule has 4 nitrogen and oxygen atoms in total. The summed E-state index contributed by atoms with van der Waals surface area (Å²) in [5.41, 5.74) is 5.61. The highest BCUT2D eigenvalue weighted by molar-refractivity contribution is 4.75. The highest BCUT2D eigenvalue weighted by Crippen LogP contribution is 2.19. The maximum atomic E-state index is 5.61. The molecule has 0 aliphatic carbocycles. The zero-order valence-corrected chi connectivity index (χ0v) is 10.6. The summed E-state index contributed by atoms with van der Waals surface area (Å²) in [6, 6.07) is 0. The number of hydrogen-bond acceptors (Lipinski definition) is 3. The first-order valence-corrected chi connectivity index (χ1v) is 6.76. The number of rotatable bonds is 6. The lowest BCUT2D eigenvalue weighted by atomic mass is 9.93. The number of aromatic nitrogens is 2. The predicted octanol–water partition coefficient (Wildman–Crippen LogP) is 1.33. The maximum absolute atomic E-state index is 5.61. The predicted molar refractivity (Wildman–Crippen MR) is 69.7 cm³/mol. The molecule has 0 saturated carbocycles. The summed E-state index contributed by atoms with van der Waals surface area (Å²) in [6.45, 7) is 5.67. The van der Waals surface area contributed by atoms with Crippen molar-refractivity contribution in [2.45, 2.75) is 32.2 Å². The molecule has 0 spiro atoms. The maximum Gasteiger partial charge on any atom is 0.0945 e.